The normalized spacial score (nSPS) is 28.1. The minimum atomic E-state index is 0.108. The van der Waals surface area contributed by atoms with Gasteiger partial charge in [0.15, 0.2) is 0 Å². The lowest BCUT2D eigenvalue weighted by atomic mass is 9.99. The van der Waals surface area contributed by atoms with Gasteiger partial charge in [0, 0.05) is 31.7 Å². The van der Waals surface area contributed by atoms with Crippen molar-refractivity contribution in [3.05, 3.63) is 0 Å². The smallest absolute Gasteiger partial charge is 0.317 e. The van der Waals surface area contributed by atoms with Gasteiger partial charge in [-0.1, -0.05) is 6.92 Å². The Kier molecular flexibility index (Phi) is 4.26. The molecule has 4 heteroatoms. The van der Waals surface area contributed by atoms with E-state index in [1.165, 1.54) is 0 Å². The van der Waals surface area contributed by atoms with Crippen molar-refractivity contribution in [2.45, 2.75) is 39.2 Å². The maximum Gasteiger partial charge on any atom is 0.317 e. The van der Waals surface area contributed by atoms with E-state index < -0.39 is 0 Å². The first-order valence-electron chi connectivity index (χ1n) is 6.80. The maximum atomic E-state index is 12.0. The number of urea groups is 1. The molecule has 98 valence electrons. The zero-order chi connectivity index (χ0) is 12.3. The number of nitrogens with one attached hydrogen (secondary N) is 1. The van der Waals surface area contributed by atoms with Crippen LogP contribution in [0.4, 0.5) is 4.79 Å². The Morgan fingerprint density at radius 2 is 2.06 bits per heavy atom. The number of likely N-dealkylation sites (tertiary alicyclic amines) is 1. The second-order valence-electron chi connectivity index (χ2n) is 5.53. The molecule has 17 heavy (non-hydrogen) atoms. The summed E-state index contributed by atoms with van der Waals surface area (Å²) >= 11 is 0. The van der Waals surface area contributed by atoms with Crippen molar-refractivity contribution in [2.24, 2.45) is 11.8 Å². The first-order valence-corrected chi connectivity index (χ1v) is 6.80. The topological polar surface area (TPSA) is 41.6 Å². The van der Waals surface area contributed by atoms with Gasteiger partial charge in [-0.25, -0.2) is 4.79 Å². The van der Waals surface area contributed by atoms with Crippen molar-refractivity contribution in [1.82, 2.24) is 10.2 Å². The van der Waals surface area contributed by atoms with E-state index in [1.54, 1.807) is 0 Å². The lowest BCUT2D eigenvalue weighted by molar-refractivity contribution is 0.160. The van der Waals surface area contributed by atoms with Gasteiger partial charge in [0.1, 0.15) is 0 Å². The molecule has 1 N–H and O–H groups in total. The molecule has 2 atom stereocenters. The van der Waals surface area contributed by atoms with E-state index in [9.17, 15) is 4.79 Å². The minimum Gasteiger partial charge on any atom is -0.381 e. The van der Waals surface area contributed by atoms with Crippen LogP contribution >= 0.6 is 0 Å². The van der Waals surface area contributed by atoms with E-state index >= 15 is 0 Å². The van der Waals surface area contributed by atoms with Crippen LogP contribution in [0.5, 0.6) is 0 Å². The van der Waals surface area contributed by atoms with Gasteiger partial charge in [-0.15, -0.1) is 0 Å². The predicted molar refractivity (Wildman–Crippen MR) is 66.9 cm³/mol. The van der Waals surface area contributed by atoms with Crippen LogP contribution in [0.2, 0.25) is 0 Å². The number of hydrogen-bond acceptors (Lipinski definition) is 2. The van der Waals surface area contributed by atoms with Crippen LogP contribution in [-0.2, 0) is 4.74 Å². The van der Waals surface area contributed by atoms with Crippen molar-refractivity contribution in [2.75, 3.05) is 26.3 Å². The zero-order valence-corrected chi connectivity index (χ0v) is 10.9. The summed E-state index contributed by atoms with van der Waals surface area (Å²) in [6.07, 6.45) is 3.33. The molecule has 2 amide bonds. The van der Waals surface area contributed by atoms with Gasteiger partial charge in [0.25, 0.3) is 0 Å². The number of amides is 2. The Morgan fingerprint density at radius 1 is 1.35 bits per heavy atom. The second-order valence-corrected chi connectivity index (χ2v) is 5.53. The molecular weight excluding hydrogens is 216 g/mol. The highest BCUT2D eigenvalue weighted by atomic mass is 16.5. The molecule has 0 aromatic carbocycles. The van der Waals surface area contributed by atoms with E-state index in [1.807, 2.05) is 4.90 Å². The molecule has 4 nitrogen and oxygen atoms in total. The summed E-state index contributed by atoms with van der Waals surface area (Å²) in [6.45, 7) is 7.78. The average Bonchev–Trinajstić information content (AvgIpc) is 2.83. The van der Waals surface area contributed by atoms with Crippen LogP contribution in [0.15, 0.2) is 0 Å². The summed E-state index contributed by atoms with van der Waals surface area (Å²) in [4.78, 5) is 14.0. The molecule has 2 aliphatic rings. The third-order valence-corrected chi connectivity index (χ3v) is 4.09. The lowest BCUT2D eigenvalue weighted by Gasteiger charge is -2.32. The molecular formula is C13H24N2O2. The van der Waals surface area contributed by atoms with Gasteiger partial charge in [-0.05, 0) is 32.1 Å². The fraction of sp³-hybridized carbons (Fsp3) is 0.923. The van der Waals surface area contributed by atoms with E-state index in [4.69, 9.17) is 4.74 Å². The molecule has 0 aromatic heterocycles. The first kappa shape index (κ1) is 12.7. The van der Waals surface area contributed by atoms with Crippen LogP contribution in [0, 0.1) is 11.8 Å². The van der Waals surface area contributed by atoms with Crippen LogP contribution in [0.3, 0.4) is 0 Å². The largest absolute Gasteiger partial charge is 0.381 e. The second kappa shape index (κ2) is 5.71. The van der Waals surface area contributed by atoms with Crippen molar-refractivity contribution >= 4 is 6.03 Å². The van der Waals surface area contributed by atoms with E-state index in [2.05, 4.69) is 19.2 Å². The average molecular weight is 240 g/mol. The molecule has 2 aliphatic heterocycles. The summed E-state index contributed by atoms with van der Waals surface area (Å²) in [7, 11) is 0. The summed E-state index contributed by atoms with van der Waals surface area (Å²) < 4.78 is 5.35. The number of piperidine rings is 1. The molecule has 0 aromatic rings. The highest BCUT2D eigenvalue weighted by Crippen LogP contribution is 2.18. The minimum absolute atomic E-state index is 0.108. The number of carbonyl (C=O) groups is 1. The molecule has 0 spiro atoms. The number of rotatable bonds is 2. The van der Waals surface area contributed by atoms with Crippen molar-refractivity contribution < 1.29 is 9.53 Å². The molecule has 2 heterocycles. The van der Waals surface area contributed by atoms with Gasteiger partial charge in [0.05, 0.1) is 6.61 Å². The highest BCUT2D eigenvalue weighted by molar-refractivity contribution is 5.74. The summed E-state index contributed by atoms with van der Waals surface area (Å²) in [5, 5.41) is 3.11. The van der Waals surface area contributed by atoms with Crippen LogP contribution < -0.4 is 5.32 Å². The van der Waals surface area contributed by atoms with Crippen molar-refractivity contribution in [3.8, 4) is 0 Å². The van der Waals surface area contributed by atoms with Gasteiger partial charge < -0.3 is 15.0 Å². The fourth-order valence-electron chi connectivity index (χ4n) is 2.56. The number of ether oxygens (including phenoxy) is 1. The van der Waals surface area contributed by atoms with Gasteiger partial charge >= 0.3 is 6.03 Å². The van der Waals surface area contributed by atoms with Crippen LogP contribution in [0.25, 0.3) is 0 Å². The Balaban J connectivity index is 1.76. The molecule has 0 radical (unpaired) electrons. The van der Waals surface area contributed by atoms with Crippen LogP contribution in [0.1, 0.15) is 33.1 Å². The summed E-state index contributed by atoms with van der Waals surface area (Å²) in [5.74, 6) is 1.25. The van der Waals surface area contributed by atoms with E-state index in [0.29, 0.717) is 5.92 Å². The monoisotopic (exact) mass is 240 g/mol. The molecule has 0 saturated carbocycles. The van der Waals surface area contributed by atoms with E-state index in [-0.39, 0.29) is 12.1 Å². The summed E-state index contributed by atoms with van der Waals surface area (Å²) in [5.41, 5.74) is 0. The Bertz CT molecular complexity index is 256. The molecule has 2 fully saturated rings. The highest BCUT2D eigenvalue weighted by Gasteiger charge is 2.26. The lowest BCUT2D eigenvalue weighted by Crippen LogP contribution is -2.48. The molecule has 2 rings (SSSR count). The Morgan fingerprint density at radius 3 is 2.65 bits per heavy atom. The maximum absolute atomic E-state index is 12.0. The molecule has 0 bridgehead atoms. The Labute approximate surface area is 104 Å². The Hall–Kier alpha value is -0.770. The third kappa shape index (κ3) is 3.35. The molecule has 2 unspecified atom stereocenters. The first-order chi connectivity index (χ1) is 8.16. The van der Waals surface area contributed by atoms with Crippen LogP contribution in [-0.4, -0.2) is 43.3 Å². The number of nitrogens with zero attached hydrogens (tertiary/aromatic N) is 1. The molecule has 2 saturated heterocycles. The third-order valence-electron chi connectivity index (χ3n) is 4.09. The molecule has 0 aliphatic carbocycles. The number of carbonyl (C=O) groups excluding carboxylic acids is 1. The van der Waals surface area contributed by atoms with Gasteiger partial charge in [-0.2, -0.15) is 0 Å². The van der Waals surface area contributed by atoms with E-state index in [0.717, 1.165) is 51.5 Å². The SMILES string of the molecule is CC1CCN(C(=O)NC(C)C2CCOC2)CC1. The van der Waals surface area contributed by atoms with Gasteiger partial charge in [0.2, 0.25) is 0 Å². The van der Waals surface area contributed by atoms with Gasteiger partial charge in [-0.3, -0.25) is 0 Å². The van der Waals surface area contributed by atoms with Crippen molar-refractivity contribution in [1.29, 1.82) is 0 Å². The standard InChI is InChI=1S/C13H24N2O2/c1-10-3-6-15(7-4-10)13(16)14-11(2)12-5-8-17-9-12/h10-12H,3-9H2,1-2H3,(H,14,16). The zero-order valence-electron chi connectivity index (χ0n) is 10.9. The number of hydrogen-bond donors (Lipinski definition) is 1. The quantitative estimate of drug-likeness (QED) is 0.800. The summed E-state index contributed by atoms with van der Waals surface area (Å²) in [6, 6.07) is 0.334. The predicted octanol–water partition coefficient (Wildman–Crippen LogP) is 1.85. The fourth-order valence-corrected chi connectivity index (χ4v) is 2.56. The van der Waals surface area contributed by atoms with Crippen molar-refractivity contribution in [3.63, 3.8) is 0 Å².